The van der Waals surface area contributed by atoms with Crippen LogP contribution in [0.1, 0.15) is 76.8 Å². The Balaban J connectivity index is 1.50. The van der Waals surface area contributed by atoms with Crippen molar-refractivity contribution in [2.24, 2.45) is 20.5 Å². The van der Waals surface area contributed by atoms with Crippen LogP contribution in [0, 0.1) is 13.8 Å². The maximum Gasteiger partial charge on any atom is 0.335 e. The van der Waals surface area contributed by atoms with Gasteiger partial charge in [-0.15, -0.1) is 4.33 Å². The molecule has 1 heterocycles. The normalized spacial score (nSPS) is 11.5. The molecule has 5 rings (SSSR count). The number of nitrogens with one attached hydrogen (secondary N) is 3. The van der Waals surface area contributed by atoms with Crippen LogP contribution < -0.4 is 25.4 Å². The van der Waals surface area contributed by atoms with Crippen molar-refractivity contribution in [2.75, 3.05) is 47.2 Å². The Labute approximate surface area is 405 Å². The molecule has 8 N–H and O–H groups in total. The summed E-state index contributed by atoms with van der Waals surface area (Å²) in [5.74, 6) is -2.64. The van der Waals surface area contributed by atoms with Gasteiger partial charge in [0.15, 0.2) is 0 Å². The van der Waals surface area contributed by atoms with Crippen LogP contribution in [0.3, 0.4) is 0 Å². The average molecular weight is 1010 g/mol. The van der Waals surface area contributed by atoms with Gasteiger partial charge in [-0.3, -0.25) is 9.35 Å². The minimum Gasteiger partial charge on any atom is -0.491 e. The highest BCUT2D eigenvalue weighted by Crippen LogP contribution is 2.38. The maximum atomic E-state index is 11.5. The van der Waals surface area contributed by atoms with E-state index in [9.17, 15) is 37.6 Å². The van der Waals surface area contributed by atoms with Gasteiger partial charge >= 0.3 is 17.9 Å². The molecule has 4 aromatic carbocycles. The number of aromatic nitrogens is 3. The third kappa shape index (κ3) is 18.3. The summed E-state index contributed by atoms with van der Waals surface area (Å²) in [4.78, 5) is 47.9. The Morgan fingerprint density at radius 3 is 1.67 bits per heavy atom. The fourth-order valence-corrected chi connectivity index (χ4v) is 7.00. The van der Waals surface area contributed by atoms with Crippen molar-refractivity contribution in [2.45, 2.75) is 58.8 Å². The second-order valence-corrected chi connectivity index (χ2v) is 17.4. The molecule has 0 aliphatic carbocycles. The monoisotopic (exact) mass is 1010 g/mol. The highest BCUT2D eigenvalue weighted by molar-refractivity contribution is 7.94. The summed E-state index contributed by atoms with van der Waals surface area (Å²) in [6, 6.07) is 18.4. The number of anilines is 5. The lowest BCUT2D eigenvalue weighted by molar-refractivity contribution is -0.432. The Morgan fingerprint density at radius 2 is 1.17 bits per heavy atom. The number of benzene rings is 4. The first kappa shape index (κ1) is 53.6. The van der Waals surface area contributed by atoms with Gasteiger partial charge in [-0.25, -0.2) is 14.8 Å². The summed E-state index contributed by atoms with van der Waals surface area (Å²) in [5.41, 5.74) is 3.28. The number of ether oxygens (including phenoxy) is 2. The van der Waals surface area contributed by atoms with Crippen molar-refractivity contribution in [3.05, 3.63) is 95.1 Å². The van der Waals surface area contributed by atoms with Crippen molar-refractivity contribution in [1.29, 1.82) is 0 Å². The van der Waals surface area contributed by atoms with E-state index in [1.54, 1.807) is 50.2 Å². The second-order valence-electron chi connectivity index (χ2n) is 15.1. The molecule has 0 spiro atoms. The van der Waals surface area contributed by atoms with Gasteiger partial charge in [0.05, 0.1) is 64.2 Å². The molecule has 0 unspecified atom stereocenters. The van der Waals surface area contributed by atoms with Gasteiger partial charge in [0, 0.05) is 42.9 Å². The van der Waals surface area contributed by atoms with Crippen molar-refractivity contribution in [3.63, 3.8) is 0 Å². The van der Waals surface area contributed by atoms with Crippen LogP contribution in [0.4, 0.5) is 52.0 Å². The predicted octanol–water partition coefficient (Wildman–Crippen LogP) is 10.1. The molecule has 0 amide bonds. The number of carboxylic acid groups (broad SMARTS) is 3. The fraction of sp³-hybridized carbons (Fsp3) is 0.318. The molecular weight excluding hydrogens is 957 g/mol. The Morgan fingerprint density at radius 1 is 0.657 bits per heavy atom. The molecule has 5 aromatic rings. The summed E-state index contributed by atoms with van der Waals surface area (Å²) in [6.07, 6.45) is 3.09. The van der Waals surface area contributed by atoms with Crippen LogP contribution >= 0.6 is 12.0 Å². The minimum absolute atomic E-state index is 0.0137. The molecular formula is C44H50N10O14S2. The average Bonchev–Trinajstić information content (AvgIpc) is 3.31. The molecule has 70 heavy (non-hydrogen) atoms. The number of aryl methyl sites for hydroxylation is 2. The van der Waals surface area contributed by atoms with E-state index >= 15 is 0 Å². The van der Waals surface area contributed by atoms with E-state index in [0.717, 1.165) is 18.5 Å². The molecule has 0 saturated heterocycles. The lowest BCUT2D eigenvalue weighted by Crippen LogP contribution is -2.12. The van der Waals surface area contributed by atoms with Crippen LogP contribution in [-0.4, -0.2) is 97.7 Å². The number of hydrogen-bond acceptors (Lipinski definition) is 21. The number of unbranched alkanes of at least 4 members (excludes halogenated alkanes) is 3. The first-order valence-electron chi connectivity index (χ1n) is 21.4. The van der Waals surface area contributed by atoms with Gasteiger partial charge < -0.3 is 40.7 Å². The van der Waals surface area contributed by atoms with Crippen LogP contribution in [0.15, 0.2) is 93.3 Å². The summed E-state index contributed by atoms with van der Waals surface area (Å²) >= 11 is 0.859. The molecule has 1 aromatic heterocycles. The Bertz CT molecular complexity index is 2780. The quantitative estimate of drug-likeness (QED) is 0.00529. The topological polar surface area (TPSA) is 348 Å². The van der Waals surface area contributed by atoms with Crippen LogP contribution in [0.25, 0.3) is 0 Å². The van der Waals surface area contributed by atoms with Crippen LogP contribution in [-0.2, 0) is 24.3 Å². The van der Waals surface area contributed by atoms with Gasteiger partial charge in [-0.2, -0.15) is 43.8 Å². The highest BCUT2D eigenvalue weighted by atomic mass is 32.2. The van der Waals surface area contributed by atoms with Crippen LogP contribution in [0.2, 0.25) is 0 Å². The number of nitrogens with zero attached hydrogens (tertiary/aromatic N) is 7. The first-order valence-corrected chi connectivity index (χ1v) is 23.9. The SMILES string of the molecule is Cc1cc(Nc2nc(NCCCCCCC(=O)O)nc(Nc3cc(C)c(N=Nc4cccc(C(=O)O)c4)cc3OCCCS(=O)(=O)O)n2)c(OCCCSOOO)cc1N=Nc1cccc(C(=O)O)c1. The van der Waals surface area contributed by atoms with E-state index in [4.69, 9.17) is 19.8 Å². The molecule has 0 atom stereocenters. The van der Waals surface area contributed by atoms with Crippen molar-refractivity contribution >= 4 is 92.0 Å². The van der Waals surface area contributed by atoms with E-state index in [0.29, 0.717) is 83.3 Å². The van der Waals surface area contributed by atoms with E-state index < -0.39 is 33.8 Å². The molecule has 372 valence electrons. The van der Waals surface area contributed by atoms with E-state index in [-0.39, 0.29) is 66.5 Å². The van der Waals surface area contributed by atoms with Crippen molar-refractivity contribution in [3.8, 4) is 11.5 Å². The fourth-order valence-electron chi connectivity index (χ4n) is 6.17. The largest absolute Gasteiger partial charge is 0.491 e. The van der Waals surface area contributed by atoms with E-state index in [2.05, 4.69) is 60.7 Å². The molecule has 0 bridgehead atoms. The first-order chi connectivity index (χ1) is 33.6. The van der Waals surface area contributed by atoms with Gasteiger partial charge in [0.1, 0.15) is 11.5 Å². The Hall–Kier alpha value is -7.36. The number of hydrogen-bond donors (Lipinski definition) is 8. The smallest absolute Gasteiger partial charge is 0.335 e. The van der Waals surface area contributed by atoms with Gasteiger partial charge in [-0.1, -0.05) is 30.0 Å². The van der Waals surface area contributed by atoms with Gasteiger partial charge in [-0.05, 0) is 99.2 Å². The summed E-state index contributed by atoms with van der Waals surface area (Å²) in [6.45, 7) is 3.95. The number of carbonyl (C=O) groups is 3. The maximum absolute atomic E-state index is 11.5. The minimum atomic E-state index is -4.28. The molecule has 26 heteroatoms. The number of azo groups is 2. The zero-order valence-corrected chi connectivity index (χ0v) is 39.4. The van der Waals surface area contributed by atoms with Crippen LogP contribution in [0.5, 0.6) is 11.5 Å². The summed E-state index contributed by atoms with van der Waals surface area (Å²) in [5, 5.41) is 66.7. The predicted molar refractivity (Wildman–Crippen MR) is 257 cm³/mol. The molecule has 0 radical (unpaired) electrons. The number of carboxylic acids is 3. The molecule has 24 nitrogen and oxygen atoms in total. The lowest BCUT2D eigenvalue weighted by atomic mass is 10.1. The zero-order valence-electron chi connectivity index (χ0n) is 37.8. The summed E-state index contributed by atoms with van der Waals surface area (Å²) < 4.78 is 48.9. The highest BCUT2D eigenvalue weighted by Gasteiger charge is 2.17. The summed E-state index contributed by atoms with van der Waals surface area (Å²) in [7, 11) is -4.28. The van der Waals surface area contributed by atoms with Gasteiger partial charge in [0.2, 0.25) is 17.8 Å². The Kier molecular flexibility index (Phi) is 20.7. The number of aromatic carboxylic acids is 2. The third-order valence-corrected chi connectivity index (χ3v) is 11.0. The van der Waals surface area contributed by atoms with Crippen molar-refractivity contribution in [1.82, 2.24) is 15.0 Å². The van der Waals surface area contributed by atoms with Crippen molar-refractivity contribution < 1.29 is 66.8 Å². The van der Waals surface area contributed by atoms with E-state index in [1.165, 1.54) is 36.4 Å². The van der Waals surface area contributed by atoms with Gasteiger partial charge in [0.25, 0.3) is 10.1 Å². The number of rotatable bonds is 30. The number of aliphatic carboxylic acids is 1. The second kappa shape index (κ2) is 27.0. The lowest BCUT2D eigenvalue weighted by Gasteiger charge is -2.17. The molecule has 0 aliphatic heterocycles. The standard InChI is InChI=1S/C44H50N10O14S2/c1-27-21-35(37(65-17-9-19-69-68-67-61)25-33(27)53-51-31-13-7-11-29(23-31)40(57)58)46-43-48-42(45-16-6-4-3-5-15-39(55)56)49-44(50-43)47-36-22-28(2)34(26-38(36)66-18-10-20-70(62,63)64)54-52-32-14-8-12-30(24-32)41(59)60/h7-8,11-14,21-26,61H,3-6,9-10,15-20H2,1-2H3,(H,55,56)(H,57,58)(H,59,60)(H,62,63,64)(H3,45,46,47,48,49,50). The van der Waals surface area contributed by atoms with E-state index in [1.807, 2.05) is 0 Å². The molecule has 0 aliphatic rings. The zero-order chi connectivity index (χ0) is 50.5. The molecule has 0 saturated carbocycles. The molecule has 0 fully saturated rings. The third-order valence-electron chi connectivity index (χ3n) is 9.57.